The number of thiophene rings is 1. The zero-order valence-corrected chi connectivity index (χ0v) is 14.9. The Morgan fingerprint density at radius 1 is 1.22 bits per heavy atom. The largest absolute Gasteiger partial charge is 0.250 e. The van der Waals surface area contributed by atoms with Gasteiger partial charge in [-0.05, 0) is 34.6 Å². The first-order valence-electron chi connectivity index (χ1n) is 7.31. The first-order valence-corrected chi connectivity index (χ1v) is 8.60. The number of nitrogens with zero attached hydrogens (tertiary/aromatic N) is 3. The molecular weight excluding hydrogens is 324 g/mol. The molecule has 0 saturated heterocycles. The average Bonchev–Trinajstić information content (AvgIpc) is 3.14. The number of hydrogen-bond donors (Lipinski definition) is 1. The molecule has 1 N–H and O–H groups in total. The van der Waals surface area contributed by atoms with Crippen molar-refractivity contribution in [1.82, 2.24) is 14.9 Å². The minimum absolute atomic E-state index is 0.126. The van der Waals surface area contributed by atoms with Crippen molar-refractivity contribution in [2.75, 3.05) is 0 Å². The number of aromatic nitrogens is 3. The van der Waals surface area contributed by atoms with Crippen LogP contribution in [0.25, 0.3) is 11.4 Å². The van der Waals surface area contributed by atoms with Crippen LogP contribution in [0.4, 0.5) is 0 Å². The van der Waals surface area contributed by atoms with Gasteiger partial charge in [0, 0.05) is 10.4 Å². The van der Waals surface area contributed by atoms with Gasteiger partial charge in [0.1, 0.15) is 0 Å². The summed E-state index contributed by atoms with van der Waals surface area (Å²) >= 11 is 6.92. The third kappa shape index (κ3) is 3.48. The van der Waals surface area contributed by atoms with Crippen molar-refractivity contribution in [2.45, 2.75) is 26.2 Å². The lowest BCUT2D eigenvalue weighted by Crippen LogP contribution is -2.10. The third-order valence-electron chi connectivity index (χ3n) is 3.50. The minimum Gasteiger partial charge on any atom is -0.250 e. The van der Waals surface area contributed by atoms with Crippen LogP contribution in [0.1, 0.15) is 31.2 Å². The molecule has 3 rings (SSSR count). The number of benzene rings is 1. The van der Waals surface area contributed by atoms with Crippen LogP contribution in [0.2, 0.25) is 0 Å². The third-order valence-corrected chi connectivity index (χ3v) is 4.57. The van der Waals surface area contributed by atoms with Crippen LogP contribution in [0, 0.1) is 4.77 Å². The Kier molecular flexibility index (Phi) is 4.28. The zero-order valence-electron chi connectivity index (χ0n) is 13.3. The van der Waals surface area contributed by atoms with E-state index in [1.54, 1.807) is 22.2 Å². The van der Waals surface area contributed by atoms with Crippen molar-refractivity contribution in [3.05, 3.63) is 57.0 Å². The van der Waals surface area contributed by atoms with E-state index in [-0.39, 0.29) is 5.41 Å². The Morgan fingerprint density at radius 3 is 2.57 bits per heavy atom. The van der Waals surface area contributed by atoms with Crippen molar-refractivity contribution < 1.29 is 0 Å². The molecule has 3 aromatic rings. The minimum atomic E-state index is 0.126. The van der Waals surface area contributed by atoms with Gasteiger partial charge in [-0.25, -0.2) is 5.10 Å². The van der Waals surface area contributed by atoms with Crippen LogP contribution >= 0.6 is 23.6 Å². The molecule has 6 heteroatoms. The lowest BCUT2D eigenvalue weighted by atomic mass is 9.87. The van der Waals surface area contributed by atoms with Crippen molar-refractivity contribution in [1.29, 1.82) is 0 Å². The van der Waals surface area contributed by atoms with Crippen molar-refractivity contribution in [2.24, 2.45) is 5.10 Å². The summed E-state index contributed by atoms with van der Waals surface area (Å²) < 4.78 is 2.13. The van der Waals surface area contributed by atoms with Gasteiger partial charge >= 0.3 is 0 Å². The highest BCUT2D eigenvalue weighted by Crippen LogP contribution is 2.25. The van der Waals surface area contributed by atoms with E-state index in [0.717, 1.165) is 10.4 Å². The highest BCUT2D eigenvalue weighted by Gasteiger charge is 2.14. The maximum atomic E-state index is 5.29. The molecule has 1 aromatic carbocycles. The molecule has 4 nitrogen and oxygen atoms in total. The van der Waals surface area contributed by atoms with Crippen LogP contribution in [-0.4, -0.2) is 21.1 Å². The summed E-state index contributed by atoms with van der Waals surface area (Å²) in [6.45, 7) is 6.59. The molecule has 0 aliphatic rings. The number of H-pyrrole nitrogens is 1. The maximum absolute atomic E-state index is 5.29. The first-order chi connectivity index (χ1) is 10.9. The summed E-state index contributed by atoms with van der Waals surface area (Å²) in [4.78, 5) is 1.07. The van der Waals surface area contributed by atoms with Gasteiger partial charge in [-0.15, -0.1) is 11.3 Å². The van der Waals surface area contributed by atoms with Gasteiger partial charge in [0.25, 0.3) is 0 Å². The molecule has 0 aliphatic carbocycles. The van der Waals surface area contributed by atoms with Crippen molar-refractivity contribution in [3.8, 4) is 11.4 Å². The molecule has 0 radical (unpaired) electrons. The summed E-state index contributed by atoms with van der Waals surface area (Å²) in [6.07, 6.45) is 1.79. The summed E-state index contributed by atoms with van der Waals surface area (Å²) in [6, 6.07) is 12.4. The highest BCUT2D eigenvalue weighted by atomic mass is 32.1. The Bertz CT molecular complexity index is 863. The second-order valence-corrected chi connectivity index (χ2v) is 7.62. The summed E-state index contributed by atoms with van der Waals surface area (Å²) in [5, 5.41) is 13.6. The standard InChI is InChI=1S/C17H18N4S2/c1-17(2,3)13-8-6-12(7-9-13)15-19-20-16(22)21(15)18-11-14-5-4-10-23-14/h4-11H,1-3H3,(H,20,22)/b18-11+. The molecule has 0 bridgehead atoms. The summed E-state index contributed by atoms with van der Waals surface area (Å²) in [5.74, 6) is 0.711. The molecule has 0 fully saturated rings. The van der Waals surface area contributed by atoms with Gasteiger partial charge in [0.05, 0.1) is 6.21 Å². The molecule has 0 amide bonds. The predicted molar refractivity (Wildman–Crippen MR) is 98.9 cm³/mol. The van der Waals surface area contributed by atoms with Gasteiger partial charge < -0.3 is 0 Å². The molecule has 0 spiro atoms. The molecule has 118 valence electrons. The Labute approximate surface area is 144 Å². The molecular formula is C17H18N4S2. The fourth-order valence-corrected chi connectivity index (χ4v) is 2.94. The monoisotopic (exact) mass is 342 g/mol. The van der Waals surface area contributed by atoms with E-state index in [1.165, 1.54) is 5.56 Å². The van der Waals surface area contributed by atoms with Crippen LogP contribution in [0.15, 0.2) is 46.9 Å². The summed E-state index contributed by atoms with van der Waals surface area (Å²) in [5.41, 5.74) is 2.39. The predicted octanol–water partition coefficient (Wildman–Crippen LogP) is 4.85. The zero-order chi connectivity index (χ0) is 16.4. The topological polar surface area (TPSA) is 46.0 Å². The van der Waals surface area contributed by atoms with E-state index in [0.29, 0.717) is 10.6 Å². The lowest BCUT2D eigenvalue weighted by molar-refractivity contribution is 0.590. The fraction of sp³-hybridized carbons (Fsp3) is 0.235. The van der Waals surface area contributed by atoms with Crippen LogP contribution in [-0.2, 0) is 5.41 Å². The van der Waals surface area contributed by atoms with Crippen LogP contribution in [0.5, 0.6) is 0 Å². The van der Waals surface area contributed by atoms with Crippen molar-refractivity contribution in [3.63, 3.8) is 0 Å². The van der Waals surface area contributed by atoms with Crippen LogP contribution in [0.3, 0.4) is 0 Å². The quantitative estimate of drug-likeness (QED) is 0.546. The molecule has 23 heavy (non-hydrogen) atoms. The number of nitrogens with one attached hydrogen (secondary N) is 1. The van der Waals surface area contributed by atoms with Gasteiger partial charge in [-0.2, -0.15) is 14.9 Å². The summed E-state index contributed by atoms with van der Waals surface area (Å²) in [7, 11) is 0. The Balaban J connectivity index is 1.96. The second kappa shape index (κ2) is 6.22. The molecule has 0 unspecified atom stereocenters. The molecule has 0 saturated carbocycles. The van der Waals surface area contributed by atoms with Crippen molar-refractivity contribution >= 4 is 29.8 Å². The van der Waals surface area contributed by atoms with E-state index in [1.807, 2.05) is 17.5 Å². The fourth-order valence-electron chi connectivity index (χ4n) is 2.18. The smallest absolute Gasteiger partial charge is 0.216 e. The van der Waals surface area contributed by atoms with Gasteiger partial charge in [-0.3, -0.25) is 0 Å². The average molecular weight is 342 g/mol. The Hall–Kier alpha value is -2.05. The SMILES string of the molecule is CC(C)(C)c1ccc(-c2n[nH]c(=S)n2/N=C/c2cccs2)cc1. The van der Waals surface area contributed by atoms with E-state index in [9.17, 15) is 0 Å². The highest BCUT2D eigenvalue weighted by molar-refractivity contribution is 7.71. The van der Waals surface area contributed by atoms with Gasteiger partial charge in [-0.1, -0.05) is 51.1 Å². The Morgan fingerprint density at radius 2 is 1.96 bits per heavy atom. The van der Waals surface area contributed by atoms with E-state index >= 15 is 0 Å². The number of hydrogen-bond acceptors (Lipinski definition) is 4. The number of aromatic amines is 1. The second-order valence-electron chi connectivity index (χ2n) is 6.25. The van der Waals surface area contributed by atoms with E-state index in [2.05, 4.69) is 60.3 Å². The number of rotatable bonds is 3. The van der Waals surface area contributed by atoms with Crippen LogP contribution < -0.4 is 0 Å². The molecule has 2 aromatic heterocycles. The normalized spacial score (nSPS) is 12.1. The molecule has 0 atom stereocenters. The lowest BCUT2D eigenvalue weighted by Gasteiger charge is -2.18. The van der Waals surface area contributed by atoms with Gasteiger partial charge in [0.15, 0.2) is 5.82 Å². The van der Waals surface area contributed by atoms with Gasteiger partial charge in [0.2, 0.25) is 4.77 Å². The first kappa shape index (κ1) is 15.8. The molecule has 2 heterocycles. The maximum Gasteiger partial charge on any atom is 0.216 e. The molecule has 0 aliphatic heterocycles. The van der Waals surface area contributed by atoms with E-state index in [4.69, 9.17) is 12.2 Å². The van der Waals surface area contributed by atoms with E-state index < -0.39 is 0 Å².